The van der Waals surface area contributed by atoms with Crippen LogP contribution in [0.4, 0.5) is 4.79 Å². The van der Waals surface area contributed by atoms with Gasteiger partial charge in [-0.15, -0.1) is 0 Å². The summed E-state index contributed by atoms with van der Waals surface area (Å²) < 4.78 is 18.2. The van der Waals surface area contributed by atoms with Gasteiger partial charge in [0.1, 0.15) is 0 Å². The molecule has 6 heteroatoms. The van der Waals surface area contributed by atoms with Crippen LogP contribution < -0.4 is 19.5 Å². The number of aromatic nitrogens is 1. The first-order valence-electron chi connectivity index (χ1n) is 9.33. The molecule has 0 aliphatic heterocycles. The SMILES string of the molecule is COc1cccc(CNC(=O)Oc2c(-c3ccc(C)cc3)c(C)cn2C)c1OC. The Hall–Kier alpha value is -3.41. The minimum absolute atomic E-state index is 0.252. The molecule has 0 unspecified atom stereocenters. The molecule has 1 N–H and O–H groups in total. The van der Waals surface area contributed by atoms with Crippen LogP contribution in [0.1, 0.15) is 16.7 Å². The average molecular weight is 394 g/mol. The minimum Gasteiger partial charge on any atom is -0.493 e. The van der Waals surface area contributed by atoms with Crippen LogP contribution in [0.3, 0.4) is 0 Å². The Morgan fingerprint density at radius 3 is 2.41 bits per heavy atom. The van der Waals surface area contributed by atoms with Gasteiger partial charge in [0.2, 0.25) is 5.88 Å². The number of aryl methyl sites for hydroxylation is 3. The molecule has 0 saturated carbocycles. The molecule has 0 fully saturated rings. The predicted octanol–water partition coefficient (Wildman–Crippen LogP) is 4.61. The molecule has 6 nitrogen and oxygen atoms in total. The molecule has 1 heterocycles. The molecule has 1 aromatic heterocycles. The molecule has 2 aromatic carbocycles. The maximum absolute atomic E-state index is 12.5. The average Bonchev–Trinajstić information content (AvgIpc) is 2.99. The number of hydrogen-bond acceptors (Lipinski definition) is 4. The van der Waals surface area contributed by atoms with Crippen molar-refractivity contribution in [3.8, 4) is 28.5 Å². The number of para-hydroxylation sites is 1. The second-order valence-corrected chi connectivity index (χ2v) is 6.86. The number of carbonyl (C=O) groups is 1. The lowest BCUT2D eigenvalue weighted by Gasteiger charge is -2.14. The van der Waals surface area contributed by atoms with Gasteiger partial charge in [-0.1, -0.05) is 42.0 Å². The van der Waals surface area contributed by atoms with Gasteiger partial charge in [0.05, 0.1) is 14.2 Å². The van der Waals surface area contributed by atoms with Gasteiger partial charge in [-0.3, -0.25) is 0 Å². The summed E-state index contributed by atoms with van der Waals surface area (Å²) >= 11 is 0. The zero-order valence-corrected chi connectivity index (χ0v) is 17.4. The molecular weight excluding hydrogens is 368 g/mol. The minimum atomic E-state index is -0.538. The summed E-state index contributed by atoms with van der Waals surface area (Å²) in [5, 5.41) is 2.79. The van der Waals surface area contributed by atoms with Crippen LogP contribution in [0.5, 0.6) is 17.4 Å². The van der Waals surface area contributed by atoms with Crippen molar-refractivity contribution >= 4 is 6.09 Å². The number of amides is 1. The summed E-state index contributed by atoms with van der Waals surface area (Å²) in [5.74, 6) is 1.70. The molecule has 0 spiro atoms. The maximum atomic E-state index is 12.5. The number of rotatable bonds is 6. The van der Waals surface area contributed by atoms with E-state index in [1.54, 1.807) is 20.3 Å². The van der Waals surface area contributed by atoms with Crippen molar-refractivity contribution in [2.24, 2.45) is 7.05 Å². The largest absolute Gasteiger partial charge is 0.493 e. The number of nitrogens with one attached hydrogen (secondary N) is 1. The molecule has 0 atom stereocenters. The first-order chi connectivity index (χ1) is 13.9. The fraction of sp³-hybridized carbons (Fsp3) is 0.261. The first-order valence-corrected chi connectivity index (χ1v) is 9.33. The summed E-state index contributed by atoms with van der Waals surface area (Å²) in [6.45, 7) is 4.29. The molecule has 0 saturated heterocycles. The van der Waals surface area contributed by atoms with E-state index in [-0.39, 0.29) is 6.54 Å². The second-order valence-electron chi connectivity index (χ2n) is 6.86. The summed E-state index contributed by atoms with van der Waals surface area (Å²) in [7, 11) is 5.01. The van der Waals surface area contributed by atoms with Crippen molar-refractivity contribution in [3.05, 3.63) is 65.4 Å². The first kappa shape index (κ1) is 20.3. The van der Waals surface area contributed by atoms with Gasteiger partial charge in [-0.25, -0.2) is 4.79 Å². The lowest BCUT2D eigenvalue weighted by atomic mass is 10.0. The summed E-state index contributed by atoms with van der Waals surface area (Å²) in [6.07, 6.45) is 1.41. The monoisotopic (exact) mass is 394 g/mol. The Kier molecular flexibility index (Phi) is 6.12. The van der Waals surface area contributed by atoms with Crippen LogP contribution in [0, 0.1) is 13.8 Å². The lowest BCUT2D eigenvalue weighted by Crippen LogP contribution is -2.27. The highest BCUT2D eigenvalue weighted by molar-refractivity contribution is 5.78. The molecule has 152 valence electrons. The van der Waals surface area contributed by atoms with Gasteiger partial charge in [-0.05, 0) is 31.0 Å². The molecule has 1 amide bonds. The van der Waals surface area contributed by atoms with E-state index in [0.29, 0.717) is 17.4 Å². The van der Waals surface area contributed by atoms with E-state index in [1.807, 2.05) is 68.1 Å². The molecule has 29 heavy (non-hydrogen) atoms. The fourth-order valence-corrected chi connectivity index (χ4v) is 3.34. The number of methoxy groups -OCH3 is 2. The summed E-state index contributed by atoms with van der Waals surface area (Å²) in [5.41, 5.74) is 4.92. The van der Waals surface area contributed by atoms with Crippen LogP contribution in [-0.4, -0.2) is 24.9 Å². The van der Waals surface area contributed by atoms with Crippen molar-refractivity contribution in [2.45, 2.75) is 20.4 Å². The molecule has 3 rings (SSSR count). The Morgan fingerprint density at radius 1 is 1.03 bits per heavy atom. The topological polar surface area (TPSA) is 61.7 Å². The highest BCUT2D eigenvalue weighted by atomic mass is 16.6. The molecule has 0 bridgehead atoms. The van der Waals surface area contributed by atoms with Gasteiger partial charge in [0.25, 0.3) is 0 Å². The number of nitrogens with zero attached hydrogens (tertiary/aromatic N) is 1. The van der Waals surface area contributed by atoms with Crippen molar-refractivity contribution in [1.82, 2.24) is 9.88 Å². The smallest absolute Gasteiger partial charge is 0.414 e. The summed E-state index contributed by atoms with van der Waals surface area (Å²) in [6, 6.07) is 13.7. The van der Waals surface area contributed by atoms with Gasteiger partial charge in [-0.2, -0.15) is 0 Å². The third kappa shape index (κ3) is 4.37. The third-order valence-corrected chi connectivity index (χ3v) is 4.75. The van der Waals surface area contributed by atoms with E-state index in [2.05, 4.69) is 5.32 Å². The summed E-state index contributed by atoms with van der Waals surface area (Å²) in [4.78, 5) is 12.5. The highest BCUT2D eigenvalue weighted by Gasteiger charge is 2.18. The van der Waals surface area contributed by atoms with E-state index in [1.165, 1.54) is 5.56 Å². The zero-order chi connectivity index (χ0) is 21.0. The van der Waals surface area contributed by atoms with Crippen molar-refractivity contribution in [1.29, 1.82) is 0 Å². The predicted molar refractivity (Wildman–Crippen MR) is 113 cm³/mol. The van der Waals surface area contributed by atoms with E-state index in [4.69, 9.17) is 14.2 Å². The second kappa shape index (κ2) is 8.73. The van der Waals surface area contributed by atoms with Crippen LogP contribution in [0.2, 0.25) is 0 Å². The van der Waals surface area contributed by atoms with Crippen LogP contribution in [-0.2, 0) is 13.6 Å². The molecule has 0 radical (unpaired) electrons. The van der Waals surface area contributed by atoms with Gasteiger partial charge < -0.3 is 24.1 Å². The fourth-order valence-electron chi connectivity index (χ4n) is 3.34. The standard InChI is InChI=1S/C23H26N2O4/c1-15-9-11-17(12-10-15)20-16(2)14-25(3)22(20)29-23(26)24-13-18-7-6-8-19(27-4)21(18)28-5/h6-12,14H,13H2,1-5H3,(H,24,26). The molecule has 0 aliphatic carbocycles. The molecule has 0 aliphatic rings. The number of benzene rings is 2. The van der Waals surface area contributed by atoms with Gasteiger partial charge in [0, 0.05) is 30.9 Å². The van der Waals surface area contributed by atoms with Gasteiger partial charge in [0.15, 0.2) is 11.5 Å². The zero-order valence-electron chi connectivity index (χ0n) is 17.4. The Morgan fingerprint density at radius 2 is 1.76 bits per heavy atom. The maximum Gasteiger partial charge on any atom is 0.414 e. The number of ether oxygens (including phenoxy) is 3. The van der Waals surface area contributed by atoms with Crippen LogP contribution in [0.15, 0.2) is 48.7 Å². The number of hydrogen-bond donors (Lipinski definition) is 1. The Balaban J connectivity index is 1.78. The van der Waals surface area contributed by atoms with E-state index >= 15 is 0 Å². The quantitative estimate of drug-likeness (QED) is 0.663. The lowest BCUT2D eigenvalue weighted by molar-refractivity contribution is 0.196. The van der Waals surface area contributed by atoms with Gasteiger partial charge >= 0.3 is 6.09 Å². The van der Waals surface area contributed by atoms with Crippen molar-refractivity contribution < 1.29 is 19.0 Å². The van der Waals surface area contributed by atoms with E-state index in [9.17, 15) is 4.79 Å². The van der Waals surface area contributed by atoms with Crippen LogP contribution in [0.25, 0.3) is 11.1 Å². The number of carbonyl (C=O) groups excluding carboxylic acids is 1. The molecule has 3 aromatic rings. The van der Waals surface area contributed by atoms with E-state index < -0.39 is 6.09 Å². The Labute approximate surface area is 171 Å². The Bertz CT molecular complexity index is 1010. The van der Waals surface area contributed by atoms with Crippen molar-refractivity contribution in [3.63, 3.8) is 0 Å². The van der Waals surface area contributed by atoms with Crippen molar-refractivity contribution in [2.75, 3.05) is 14.2 Å². The third-order valence-electron chi connectivity index (χ3n) is 4.75. The normalized spacial score (nSPS) is 10.5. The van der Waals surface area contributed by atoms with Crippen LogP contribution >= 0.6 is 0 Å². The van der Waals surface area contributed by atoms with E-state index in [0.717, 1.165) is 22.3 Å². The highest BCUT2D eigenvalue weighted by Crippen LogP contribution is 2.35. The molecular formula is C23H26N2O4.